The van der Waals surface area contributed by atoms with Crippen molar-refractivity contribution in [2.45, 2.75) is 26.3 Å². The van der Waals surface area contributed by atoms with E-state index in [1.807, 2.05) is 25.1 Å². The van der Waals surface area contributed by atoms with Crippen molar-refractivity contribution in [1.82, 2.24) is 9.38 Å². The minimum atomic E-state index is 0.0140. The van der Waals surface area contributed by atoms with E-state index >= 15 is 0 Å². The molecule has 0 aromatic carbocycles. The van der Waals surface area contributed by atoms with Crippen LogP contribution < -0.4 is 5.73 Å². The first kappa shape index (κ1) is 10.6. The molecule has 0 saturated carbocycles. The summed E-state index contributed by atoms with van der Waals surface area (Å²) in [6.45, 7) is 4.08. The van der Waals surface area contributed by atoms with Gasteiger partial charge in [0.25, 0.3) is 0 Å². The van der Waals surface area contributed by atoms with E-state index in [0.29, 0.717) is 0 Å². The van der Waals surface area contributed by atoms with Crippen molar-refractivity contribution >= 4 is 21.4 Å². The van der Waals surface area contributed by atoms with Gasteiger partial charge < -0.3 is 5.73 Å². The molecule has 0 bridgehead atoms. The van der Waals surface area contributed by atoms with Crippen LogP contribution in [0.2, 0.25) is 0 Å². The molecule has 2 heterocycles. The van der Waals surface area contributed by atoms with Crippen molar-refractivity contribution in [2.24, 2.45) is 5.73 Å². The minimum absolute atomic E-state index is 0.0140. The third-order valence-corrected chi connectivity index (χ3v) is 3.08. The van der Waals surface area contributed by atoms with Gasteiger partial charge in [0.05, 0.1) is 5.52 Å². The molecule has 80 valence electrons. The molecule has 2 aromatic rings. The molecule has 0 spiro atoms. The van der Waals surface area contributed by atoms with Crippen LogP contribution >= 0.6 is 15.9 Å². The predicted octanol–water partition coefficient (Wildman–Crippen LogP) is 2.68. The maximum absolute atomic E-state index is 5.95. The Morgan fingerprint density at radius 2 is 2.27 bits per heavy atom. The highest BCUT2D eigenvalue weighted by Crippen LogP contribution is 2.23. The fourth-order valence-corrected chi connectivity index (χ4v) is 2.30. The van der Waals surface area contributed by atoms with Crippen LogP contribution in [0.1, 0.15) is 31.4 Å². The van der Waals surface area contributed by atoms with Gasteiger partial charge >= 0.3 is 0 Å². The van der Waals surface area contributed by atoms with E-state index < -0.39 is 0 Å². The van der Waals surface area contributed by atoms with Crippen LogP contribution in [0.15, 0.2) is 22.8 Å². The zero-order chi connectivity index (χ0) is 11.0. The SMILES string of the molecule is CCc1nc(Br)c2cccc(C(C)N)n12. The number of halogens is 1. The second-order valence-electron chi connectivity index (χ2n) is 3.63. The fraction of sp³-hybridized carbons (Fsp3) is 0.364. The predicted molar refractivity (Wildman–Crippen MR) is 64.9 cm³/mol. The number of hydrogen-bond acceptors (Lipinski definition) is 2. The fourth-order valence-electron chi connectivity index (χ4n) is 1.79. The molecule has 0 aliphatic rings. The Morgan fingerprint density at radius 3 is 2.87 bits per heavy atom. The molecule has 15 heavy (non-hydrogen) atoms. The molecule has 4 heteroatoms. The lowest BCUT2D eigenvalue weighted by molar-refractivity contribution is 0.744. The van der Waals surface area contributed by atoms with E-state index in [-0.39, 0.29) is 6.04 Å². The first-order valence-corrected chi connectivity index (χ1v) is 5.85. The molecular formula is C11H14BrN3. The first-order chi connectivity index (χ1) is 7.15. The largest absolute Gasteiger partial charge is 0.323 e. The Morgan fingerprint density at radius 1 is 1.53 bits per heavy atom. The molecule has 0 amide bonds. The summed E-state index contributed by atoms with van der Waals surface area (Å²) in [5.41, 5.74) is 8.13. The van der Waals surface area contributed by atoms with Crippen LogP contribution in [0, 0.1) is 0 Å². The lowest BCUT2D eigenvalue weighted by Crippen LogP contribution is -2.11. The number of nitrogens with two attached hydrogens (primary N) is 1. The van der Waals surface area contributed by atoms with Crippen LogP contribution in [0.5, 0.6) is 0 Å². The minimum Gasteiger partial charge on any atom is -0.323 e. The monoisotopic (exact) mass is 267 g/mol. The van der Waals surface area contributed by atoms with E-state index in [0.717, 1.165) is 28.1 Å². The van der Waals surface area contributed by atoms with Gasteiger partial charge in [-0.2, -0.15) is 0 Å². The summed E-state index contributed by atoms with van der Waals surface area (Å²) in [6.07, 6.45) is 0.899. The highest BCUT2D eigenvalue weighted by molar-refractivity contribution is 9.10. The topological polar surface area (TPSA) is 43.3 Å². The first-order valence-electron chi connectivity index (χ1n) is 5.06. The Bertz CT molecular complexity index is 488. The molecule has 2 N–H and O–H groups in total. The quantitative estimate of drug-likeness (QED) is 0.909. The van der Waals surface area contributed by atoms with Crippen LogP contribution in [-0.4, -0.2) is 9.38 Å². The molecule has 3 nitrogen and oxygen atoms in total. The molecule has 0 fully saturated rings. The number of fused-ring (bicyclic) bond motifs is 1. The van der Waals surface area contributed by atoms with E-state index in [9.17, 15) is 0 Å². The average Bonchev–Trinajstić information content (AvgIpc) is 2.55. The number of hydrogen-bond donors (Lipinski definition) is 1. The van der Waals surface area contributed by atoms with Gasteiger partial charge in [0.15, 0.2) is 0 Å². The summed E-state index contributed by atoms with van der Waals surface area (Å²) in [4.78, 5) is 4.48. The Hall–Kier alpha value is -0.870. The maximum Gasteiger partial charge on any atom is 0.132 e. The van der Waals surface area contributed by atoms with Crippen molar-refractivity contribution < 1.29 is 0 Å². The highest BCUT2D eigenvalue weighted by atomic mass is 79.9. The number of nitrogens with zero attached hydrogens (tertiary/aromatic N) is 2. The van der Waals surface area contributed by atoms with Crippen molar-refractivity contribution in [2.75, 3.05) is 0 Å². The molecule has 0 aliphatic heterocycles. The van der Waals surface area contributed by atoms with Gasteiger partial charge in [-0.05, 0) is 35.0 Å². The Balaban J connectivity index is 2.82. The molecule has 1 atom stereocenters. The second kappa shape index (κ2) is 3.94. The van der Waals surface area contributed by atoms with E-state index in [1.54, 1.807) is 0 Å². The summed E-state index contributed by atoms with van der Waals surface area (Å²) >= 11 is 3.47. The molecule has 2 aromatic heterocycles. The number of aryl methyl sites for hydroxylation is 1. The van der Waals surface area contributed by atoms with Crippen molar-refractivity contribution in [3.63, 3.8) is 0 Å². The van der Waals surface area contributed by atoms with Gasteiger partial charge in [-0.15, -0.1) is 0 Å². The lowest BCUT2D eigenvalue weighted by atomic mass is 10.2. The number of imidazole rings is 1. The van der Waals surface area contributed by atoms with Gasteiger partial charge in [0.2, 0.25) is 0 Å². The molecule has 2 rings (SSSR count). The number of pyridine rings is 1. The molecule has 0 aliphatic carbocycles. The van der Waals surface area contributed by atoms with Gasteiger partial charge in [-0.3, -0.25) is 4.40 Å². The normalized spacial score (nSPS) is 13.3. The maximum atomic E-state index is 5.95. The standard InChI is InChI=1S/C11H14BrN3/c1-3-10-14-11(12)9-6-4-5-8(7(2)13)15(9)10/h4-7H,3,13H2,1-2H3. The van der Waals surface area contributed by atoms with Crippen LogP contribution in [-0.2, 0) is 6.42 Å². The van der Waals surface area contributed by atoms with Crippen molar-refractivity contribution in [3.05, 3.63) is 34.3 Å². The summed E-state index contributed by atoms with van der Waals surface area (Å²) in [7, 11) is 0. The third kappa shape index (κ3) is 1.68. The Kier molecular flexibility index (Phi) is 2.80. The summed E-state index contributed by atoms with van der Waals surface area (Å²) in [6, 6.07) is 6.12. The molecule has 0 saturated heterocycles. The third-order valence-electron chi connectivity index (χ3n) is 2.50. The van der Waals surface area contributed by atoms with E-state index in [4.69, 9.17) is 5.73 Å². The number of rotatable bonds is 2. The summed E-state index contributed by atoms with van der Waals surface area (Å²) in [5, 5.41) is 0. The highest BCUT2D eigenvalue weighted by Gasteiger charge is 2.12. The summed E-state index contributed by atoms with van der Waals surface area (Å²) < 4.78 is 3.02. The van der Waals surface area contributed by atoms with Gasteiger partial charge in [-0.25, -0.2) is 4.98 Å². The lowest BCUT2D eigenvalue weighted by Gasteiger charge is -2.10. The van der Waals surface area contributed by atoms with Crippen LogP contribution in [0.3, 0.4) is 0 Å². The smallest absolute Gasteiger partial charge is 0.132 e. The molecule has 1 unspecified atom stereocenters. The van der Waals surface area contributed by atoms with Crippen LogP contribution in [0.4, 0.5) is 0 Å². The van der Waals surface area contributed by atoms with Crippen molar-refractivity contribution in [1.29, 1.82) is 0 Å². The van der Waals surface area contributed by atoms with E-state index in [1.165, 1.54) is 0 Å². The molecule has 0 radical (unpaired) electrons. The van der Waals surface area contributed by atoms with Gasteiger partial charge in [0, 0.05) is 18.2 Å². The second-order valence-corrected chi connectivity index (χ2v) is 4.38. The van der Waals surface area contributed by atoms with E-state index in [2.05, 4.69) is 32.2 Å². The summed E-state index contributed by atoms with van der Waals surface area (Å²) in [5.74, 6) is 1.05. The molecular weight excluding hydrogens is 254 g/mol. The zero-order valence-corrected chi connectivity index (χ0v) is 10.5. The number of aromatic nitrogens is 2. The van der Waals surface area contributed by atoms with Gasteiger partial charge in [0.1, 0.15) is 10.4 Å². The average molecular weight is 268 g/mol. The zero-order valence-electron chi connectivity index (χ0n) is 8.87. The Labute approximate surface area is 97.4 Å². The van der Waals surface area contributed by atoms with Crippen molar-refractivity contribution in [3.8, 4) is 0 Å². The van der Waals surface area contributed by atoms with Crippen LogP contribution in [0.25, 0.3) is 5.52 Å². The van der Waals surface area contributed by atoms with Gasteiger partial charge in [-0.1, -0.05) is 13.0 Å².